The number of amides is 1. The molecule has 0 aliphatic heterocycles. The molecule has 1 aliphatic carbocycles. The topological polar surface area (TPSA) is 66.4 Å². The lowest BCUT2D eigenvalue weighted by Gasteiger charge is -2.37. The number of benzene rings is 1. The number of rotatable bonds is 5. The molecule has 0 aromatic heterocycles. The Kier molecular flexibility index (Phi) is 4.99. The molecular formula is C17H23NO3. The van der Waals surface area contributed by atoms with Crippen LogP contribution in [0.1, 0.15) is 61.4 Å². The number of aryl methyl sites for hydroxylation is 1. The lowest BCUT2D eigenvalue weighted by Crippen LogP contribution is -2.51. The maximum Gasteiger partial charge on any atom is 0.305 e. The molecule has 114 valence electrons. The highest BCUT2D eigenvalue weighted by atomic mass is 16.4. The lowest BCUT2D eigenvalue weighted by molar-refractivity contribution is -0.139. The number of aliphatic carboxylic acids is 1. The Balaban J connectivity index is 2.11. The lowest BCUT2D eigenvalue weighted by atomic mass is 9.79. The third-order valence-electron chi connectivity index (χ3n) is 4.30. The summed E-state index contributed by atoms with van der Waals surface area (Å²) in [4.78, 5) is 23.5. The summed E-state index contributed by atoms with van der Waals surface area (Å²) < 4.78 is 0. The van der Waals surface area contributed by atoms with Crippen molar-refractivity contribution in [1.29, 1.82) is 0 Å². The van der Waals surface area contributed by atoms with E-state index in [0.717, 1.165) is 38.5 Å². The first kappa shape index (κ1) is 15.5. The molecule has 0 heterocycles. The third kappa shape index (κ3) is 4.06. The van der Waals surface area contributed by atoms with E-state index < -0.39 is 11.5 Å². The molecule has 1 aromatic rings. The van der Waals surface area contributed by atoms with Gasteiger partial charge in [-0.05, 0) is 37.0 Å². The minimum absolute atomic E-state index is 0.00574. The van der Waals surface area contributed by atoms with Crippen molar-refractivity contribution in [3.8, 4) is 0 Å². The third-order valence-corrected chi connectivity index (χ3v) is 4.30. The molecule has 0 unspecified atom stereocenters. The van der Waals surface area contributed by atoms with Crippen molar-refractivity contribution in [2.45, 2.75) is 57.4 Å². The molecule has 1 saturated carbocycles. The van der Waals surface area contributed by atoms with E-state index >= 15 is 0 Å². The van der Waals surface area contributed by atoms with Crippen LogP contribution < -0.4 is 5.32 Å². The summed E-state index contributed by atoms with van der Waals surface area (Å²) in [6, 6.07) is 7.51. The van der Waals surface area contributed by atoms with Crippen LogP contribution in [0.25, 0.3) is 0 Å². The zero-order valence-electron chi connectivity index (χ0n) is 12.5. The summed E-state index contributed by atoms with van der Waals surface area (Å²) in [6.45, 7) is 2.07. The normalized spacial score (nSPS) is 17.2. The van der Waals surface area contributed by atoms with E-state index in [9.17, 15) is 9.59 Å². The van der Waals surface area contributed by atoms with Gasteiger partial charge in [-0.1, -0.05) is 38.3 Å². The molecule has 0 spiro atoms. The number of hydrogen-bond acceptors (Lipinski definition) is 2. The highest BCUT2D eigenvalue weighted by Gasteiger charge is 2.35. The fraction of sp³-hybridized carbons (Fsp3) is 0.529. The number of nitrogens with one attached hydrogen (secondary N) is 1. The summed E-state index contributed by atoms with van der Waals surface area (Å²) >= 11 is 0. The first-order valence-corrected chi connectivity index (χ1v) is 7.68. The molecule has 2 rings (SSSR count). The van der Waals surface area contributed by atoms with Crippen LogP contribution in [0.15, 0.2) is 24.3 Å². The Labute approximate surface area is 125 Å². The summed E-state index contributed by atoms with van der Waals surface area (Å²) in [5.74, 6) is -1.01. The van der Waals surface area contributed by atoms with Crippen LogP contribution in [0.2, 0.25) is 0 Å². The summed E-state index contributed by atoms with van der Waals surface area (Å²) in [7, 11) is 0. The van der Waals surface area contributed by atoms with Gasteiger partial charge in [0, 0.05) is 5.56 Å². The molecule has 1 fully saturated rings. The Morgan fingerprint density at radius 1 is 1.14 bits per heavy atom. The van der Waals surface area contributed by atoms with E-state index in [-0.39, 0.29) is 12.3 Å². The van der Waals surface area contributed by atoms with Gasteiger partial charge in [0.05, 0.1) is 12.0 Å². The van der Waals surface area contributed by atoms with Crippen LogP contribution >= 0.6 is 0 Å². The number of carbonyl (C=O) groups is 2. The highest BCUT2D eigenvalue weighted by molar-refractivity contribution is 5.95. The van der Waals surface area contributed by atoms with Gasteiger partial charge < -0.3 is 10.4 Å². The fourth-order valence-corrected chi connectivity index (χ4v) is 3.07. The Morgan fingerprint density at radius 3 is 2.29 bits per heavy atom. The zero-order chi connectivity index (χ0) is 15.3. The predicted molar refractivity (Wildman–Crippen MR) is 81.4 cm³/mol. The molecule has 1 aliphatic rings. The van der Waals surface area contributed by atoms with Crippen LogP contribution in [0.3, 0.4) is 0 Å². The van der Waals surface area contributed by atoms with E-state index in [4.69, 9.17) is 5.11 Å². The van der Waals surface area contributed by atoms with Gasteiger partial charge >= 0.3 is 5.97 Å². The van der Waals surface area contributed by atoms with Gasteiger partial charge in [0.15, 0.2) is 0 Å². The Morgan fingerprint density at radius 2 is 1.76 bits per heavy atom. The summed E-state index contributed by atoms with van der Waals surface area (Å²) in [5, 5.41) is 12.1. The molecule has 4 heteroatoms. The van der Waals surface area contributed by atoms with Crippen molar-refractivity contribution in [2.75, 3.05) is 0 Å². The monoisotopic (exact) mass is 289 g/mol. The molecular weight excluding hydrogens is 266 g/mol. The van der Waals surface area contributed by atoms with Crippen molar-refractivity contribution in [2.24, 2.45) is 0 Å². The minimum Gasteiger partial charge on any atom is -0.481 e. The van der Waals surface area contributed by atoms with Crippen LogP contribution in [0, 0.1) is 0 Å². The number of carbonyl (C=O) groups excluding carboxylic acids is 1. The fourth-order valence-electron chi connectivity index (χ4n) is 3.07. The number of carboxylic acids is 1. The maximum atomic E-state index is 12.4. The molecule has 0 radical (unpaired) electrons. The van der Waals surface area contributed by atoms with E-state index in [1.165, 1.54) is 5.56 Å². The predicted octanol–water partition coefficient (Wildman–Crippen LogP) is 3.16. The van der Waals surface area contributed by atoms with Gasteiger partial charge in [0.25, 0.3) is 5.91 Å². The van der Waals surface area contributed by atoms with Crippen LogP contribution in [0.5, 0.6) is 0 Å². The first-order chi connectivity index (χ1) is 10.0. The van der Waals surface area contributed by atoms with Gasteiger partial charge in [0.2, 0.25) is 0 Å². The van der Waals surface area contributed by atoms with E-state index in [1.54, 1.807) is 0 Å². The van der Waals surface area contributed by atoms with Crippen LogP contribution in [0.4, 0.5) is 0 Å². The van der Waals surface area contributed by atoms with Gasteiger partial charge in [-0.2, -0.15) is 0 Å². The number of hydrogen-bond donors (Lipinski definition) is 2. The SMILES string of the molecule is CCc1ccc(C(=O)NC2(CC(=O)O)CCCCC2)cc1. The van der Waals surface area contributed by atoms with Crippen LogP contribution in [-0.4, -0.2) is 22.5 Å². The van der Waals surface area contributed by atoms with Gasteiger partial charge in [-0.15, -0.1) is 0 Å². The van der Waals surface area contributed by atoms with Crippen molar-refractivity contribution in [3.63, 3.8) is 0 Å². The molecule has 2 N–H and O–H groups in total. The van der Waals surface area contributed by atoms with Crippen molar-refractivity contribution in [1.82, 2.24) is 5.32 Å². The maximum absolute atomic E-state index is 12.4. The van der Waals surface area contributed by atoms with Crippen molar-refractivity contribution in [3.05, 3.63) is 35.4 Å². The van der Waals surface area contributed by atoms with Crippen LogP contribution in [-0.2, 0) is 11.2 Å². The highest BCUT2D eigenvalue weighted by Crippen LogP contribution is 2.31. The van der Waals surface area contributed by atoms with Gasteiger partial charge in [-0.25, -0.2) is 0 Å². The Bertz CT molecular complexity index is 501. The van der Waals surface area contributed by atoms with Crippen molar-refractivity contribution < 1.29 is 14.7 Å². The summed E-state index contributed by atoms with van der Waals surface area (Å²) in [6.07, 6.45) is 5.50. The van der Waals surface area contributed by atoms with Gasteiger partial charge in [0.1, 0.15) is 0 Å². The van der Waals surface area contributed by atoms with E-state index in [2.05, 4.69) is 12.2 Å². The molecule has 1 amide bonds. The van der Waals surface area contributed by atoms with Gasteiger partial charge in [-0.3, -0.25) is 9.59 Å². The first-order valence-electron chi connectivity index (χ1n) is 7.68. The average Bonchev–Trinajstić information content (AvgIpc) is 2.47. The molecule has 1 aromatic carbocycles. The summed E-state index contributed by atoms with van der Waals surface area (Å²) in [5.41, 5.74) is 1.21. The minimum atomic E-state index is -0.849. The smallest absolute Gasteiger partial charge is 0.305 e. The molecule has 0 bridgehead atoms. The quantitative estimate of drug-likeness (QED) is 0.875. The standard InChI is InChI=1S/C17H23NO3/c1-2-13-6-8-14(9-7-13)16(21)18-17(12-15(19)20)10-4-3-5-11-17/h6-9H,2-5,10-12H2,1H3,(H,18,21)(H,19,20). The number of carboxylic acid groups (broad SMARTS) is 1. The zero-order valence-corrected chi connectivity index (χ0v) is 12.5. The van der Waals surface area contributed by atoms with E-state index in [0.29, 0.717) is 5.56 Å². The molecule has 21 heavy (non-hydrogen) atoms. The Hall–Kier alpha value is -1.84. The second-order valence-electron chi connectivity index (χ2n) is 5.92. The van der Waals surface area contributed by atoms with E-state index in [1.807, 2.05) is 24.3 Å². The second-order valence-corrected chi connectivity index (χ2v) is 5.92. The average molecular weight is 289 g/mol. The van der Waals surface area contributed by atoms with Crippen molar-refractivity contribution >= 4 is 11.9 Å². The molecule has 0 saturated heterocycles. The second kappa shape index (κ2) is 6.74. The molecule has 0 atom stereocenters. The largest absolute Gasteiger partial charge is 0.481 e. The molecule has 4 nitrogen and oxygen atoms in total.